The zero-order valence-corrected chi connectivity index (χ0v) is 9.58. The minimum Gasteiger partial charge on any atom is -0.467 e. The highest BCUT2D eigenvalue weighted by atomic mass is 16.5. The number of nitrogens with one attached hydrogen (secondary N) is 1. The second kappa shape index (κ2) is 7.23. The molecule has 88 valence electrons. The maximum absolute atomic E-state index is 11.4. The van der Waals surface area contributed by atoms with Crippen molar-refractivity contribution in [2.45, 2.75) is 45.2 Å². The Labute approximate surface area is 90.4 Å². The van der Waals surface area contributed by atoms with Crippen LogP contribution in [-0.2, 0) is 14.3 Å². The molecule has 0 unspecified atom stereocenters. The number of carbonyl (C=O) groups is 2. The molecule has 5 nitrogen and oxygen atoms in total. The fourth-order valence-corrected chi connectivity index (χ4v) is 1.11. The summed E-state index contributed by atoms with van der Waals surface area (Å²) >= 11 is 0. The van der Waals surface area contributed by atoms with Crippen LogP contribution in [0.4, 0.5) is 0 Å². The lowest BCUT2D eigenvalue weighted by atomic mass is 10.1. The summed E-state index contributed by atoms with van der Waals surface area (Å²) in [6, 6.07) is -1.19. The molecule has 0 saturated carbocycles. The molecule has 0 saturated heterocycles. The van der Waals surface area contributed by atoms with Gasteiger partial charge in [0.25, 0.3) is 0 Å². The number of esters is 1. The standard InChI is InChI=1S/C10H20N2O3/c1-4-5-6-8(11)9(13)12-7(2)10(14)15-3/h7-8H,4-6,11H2,1-3H3,(H,12,13)/t7-,8-/m0/s1. The second-order valence-corrected chi connectivity index (χ2v) is 3.50. The van der Waals surface area contributed by atoms with E-state index in [-0.39, 0.29) is 5.91 Å². The van der Waals surface area contributed by atoms with E-state index in [2.05, 4.69) is 10.1 Å². The molecule has 5 heteroatoms. The molecule has 0 aromatic rings. The summed E-state index contributed by atoms with van der Waals surface area (Å²) in [5, 5.41) is 2.50. The molecular weight excluding hydrogens is 196 g/mol. The maximum atomic E-state index is 11.4. The van der Waals surface area contributed by atoms with E-state index in [0.717, 1.165) is 12.8 Å². The van der Waals surface area contributed by atoms with E-state index in [9.17, 15) is 9.59 Å². The first-order chi connectivity index (χ1) is 7.02. The number of hydrogen-bond donors (Lipinski definition) is 2. The first-order valence-corrected chi connectivity index (χ1v) is 5.16. The molecule has 0 aliphatic carbocycles. The maximum Gasteiger partial charge on any atom is 0.328 e. The molecule has 0 spiro atoms. The van der Waals surface area contributed by atoms with Crippen LogP contribution in [0.1, 0.15) is 33.1 Å². The average Bonchev–Trinajstić information content (AvgIpc) is 2.24. The topological polar surface area (TPSA) is 81.4 Å². The van der Waals surface area contributed by atoms with Gasteiger partial charge < -0.3 is 15.8 Å². The van der Waals surface area contributed by atoms with Crippen LogP contribution < -0.4 is 11.1 Å². The summed E-state index contributed by atoms with van der Waals surface area (Å²) in [7, 11) is 1.28. The van der Waals surface area contributed by atoms with Gasteiger partial charge in [0.05, 0.1) is 13.2 Å². The van der Waals surface area contributed by atoms with Gasteiger partial charge in [-0.1, -0.05) is 19.8 Å². The lowest BCUT2D eigenvalue weighted by Crippen LogP contribution is -2.47. The third-order valence-electron chi connectivity index (χ3n) is 2.12. The second-order valence-electron chi connectivity index (χ2n) is 3.50. The number of carbonyl (C=O) groups excluding carboxylic acids is 2. The van der Waals surface area contributed by atoms with Gasteiger partial charge in [-0.2, -0.15) is 0 Å². The van der Waals surface area contributed by atoms with E-state index in [4.69, 9.17) is 5.73 Å². The minimum atomic E-state index is -0.643. The molecule has 0 aliphatic heterocycles. The zero-order valence-electron chi connectivity index (χ0n) is 9.58. The number of ether oxygens (including phenoxy) is 1. The van der Waals surface area contributed by atoms with Crippen LogP contribution >= 0.6 is 0 Å². The highest BCUT2D eigenvalue weighted by Crippen LogP contribution is 1.98. The quantitative estimate of drug-likeness (QED) is 0.621. The van der Waals surface area contributed by atoms with Crippen LogP contribution in [-0.4, -0.2) is 31.1 Å². The van der Waals surface area contributed by atoms with Gasteiger partial charge in [0.15, 0.2) is 0 Å². The molecule has 0 aromatic heterocycles. The van der Waals surface area contributed by atoms with Crippen LogP contribution in [0.15, 0.2) is 0 Å². The predicted molar refractivity (Wildman–Crippen MR) is 57.1 cm³/mol. The van der Waals surface area contributed by atoms with Crippen molar-refractivity contribution < 1.29 is 14.3 Å². The third kappa shape index (κ3) is 5.37. The zero-order chi connectivity index (χ0) is 11.8. The monoisotopic (exact) mass is 216 g/mol. The summed E-state index contributed by atoms with van der Waals surface area (Å²) in [6.07, 6.45) is 2.53. The van der Waals surface area contributed by atoms with Crippen LogP contribution in [0.5, 0.6) is 0 Å². The number of hydrogen-bond acceptors (Lipinski definition) is 4. The highest BCUT2D eigenvalue weighted by molar-refractivity contribution is 5.87. The SMILES string of the molecule is CCCC[C@H](N)C(=O)N[C@@H](C)C(=O)OC. The van der Waals surface area contributed by atoms with E-state index in [0.29, 0.717) is 6.42 Å². The van der Waals surface area contributed by atoms with E-state index < -0.39 is 18.1 Å². The first kappa shape index (κ1) is 13.9. The van der Waals surface area contributed by atoms with Crippen LogP contribution in [0.3, 0.4) is 0 Å². The summed E-state index contributed by atoms with van der Waals surface area (Å²) < 4.78 is 4.48. The predicted octanol–water partition coefficient (Wildman–Crippen LogP) is 0.182. The minimum absolute atomic E-state index is 0.304. The Balaban J connectivity index is 3.95. The van der Waals surface area contributed by atoms with Gasteiger partial charge in [0, 0.05) is 0 Å². The molecule has 0 aliphatic rings. The molecule has 2 atom stereocenters. The molecule has 0 fully saturated rings. The lowest BCUT2D eigenvalue weighted by Gasteiger charge is -2.15. The number of rotatable bonds is 6. The Morgan fingerprint density at radius 3 is 2.53 bits per heavy atom. The molecule has 0 bridgehead atoms. The van der Waals surface area contributed by atoms with Gasteiger partial charge in [-0.15, -0.1) is 0 Å². The molecule has 3 N–H and O–H groups in total. The fourth-order valence-electron chi connectivity index (χ4n) is 1.11. The molecule has 15 heavy (non-hydrogen) atoms. The van der Waals surface area contributed by atoms with Crippen LogP contribution in [0.2, 0.25) is 0 Å². The lowest BCUT2D eigenvalue weighted by molar-refractivity contribution is -0.144. The average molecular weight is 216 g/mol. The Morgan fingerprint density at radius 1 is 1.47 bits per heavy atom. The smallest absolute Gasteiger partial charge is 0.328 e. The summed E-state index contributed by atoms with van der Waals surface area (Å²) in [6.45, 7) is 3.60. The number of nitrogens with two attached hydrogens (primary N) is 1. The van der Waals surface area contributed by atoms with Crippen LogP contribution in [0, 0.1) is 0 Å². The van der Waals surface area contributed by atoms with Crippen molar-refractivity contribution in [2.75, 3.05) is 7.11 Å². The van der Waals surface area contributed by atoms with Crippen molar-refractivity contribution in [3.8, 4) is 0 Å². The van der Waals surface area contributed by atoms with Crippen molar-refractivity contribution in [2.24, 2.45) is 5.73 Å². The van der Waals surface area contributed by atoms with Crippen molar-refractivity contribution in [3.63, 3.8) is 0 Å². The Kier molecular flexibility index (Phi) is 6.70. The third-order valence-corrected chi connectivity index (χ3v) is 2.12. The molecule has 0 heterocycles. The molecule has 1 amide bonds. The molecular formula is C10H20N2O3. The van der Waals surface area contributed by atoms with Gasteiger partial charge in [0.2, 0.25) is 5.91 Å². The normalized spacial score (nSPS) is 14.1. The van der Waals surface area contributed by atoms with Gasteiger partial charge in [-0.3, -0.25) is 4.79 Å². The molecule has 0 radical (unpaired) electrons. The largest absolute Gasteiger partial charge is 0.467 e. The van der Waals surface area contributed by atoms with E-state index in [1.807, 2.05) is 6.92 Å². The summed E-state index contributed by atoms with van der Waals surface area (Å²) in [5.74, 6) is -0.771. The van der Waals surface area contributed by atoms with Gasteiger partial charge in [-0.05, 0) is 13.3 Å². The summed E-state index contributed by atoms with van der Waals surface area (Å²) in [5.41, 5.74) is 5.63. The van der Waals surface area contributed by atoms with Crippen molar-refractivity contribution in [1.29, 1.82) is 0 Å². The van der Waals surface area contributed by atoms with Crippen molar-refractivity contribution in [3.05, 3.63) is 0 Å². The Hall–Kier alpha value is -1.10. The van der Waals surface area contributed by atoms with Crippen LogP contribution in [0.25, 0.3) is 0 Å². The van der Waals surface area contributed by atoms with Crippen molar-refractivity contribution in [1.82, 2.24) is 5.32 Å². The highest BCUT2D eigenvalue weighted by Gasteiger charge is 2.19. The Bertz CT molecular complexity index is 219. The van der Waals surface area contributed by atoms with E-state index in [1.165, 1.54) is 7.11 Å². The van der Waals surface area contributed by atoms with Gasteiger partial charge in [-0.25, -0.2) is 4.79 Å². The fraction of sp³-hybridized carbons (Fsp3) is 0.800. The number of methoxy groups -OCH3 is 1. The van der Waals surface area contributed by atoms with E-state index in [1.54, 1.807) is 6.92 Å². The first-order valence-electron chi connectivity index (χ1n) is 5.16. The van der Waals surface area contributed by atoms with E-state index >= 15 is 0 Å². The number of amides is 1. The molecule has 0 rings (SSSR count). The van der Waals surface area contributed by atoms with Gasteiger partial charge in [0.1, 0.15) is 6.04 Å². The molecule has 0 aromatic carbocycles. The van der Waals surface area contributed by atoms with Gasteiger partial charge >= 0.3 is 5.97 Å². The Morgan fingerprint density at radius 2 is 2.07 bits per heavy atom. The summed E-state index contributed by atoms with van der Waals surface area (Å²) in [4.78, 5) is 22.4. The number of unbranched alkanes of at least 4 members (excludes halogenated alkanes) is 1. The van der Waals surface area contributed by atoms with Crippen molar-refractivity contribution >= 4 is 11.9 Å².